The van der Waals surface area contributed by atoms with Crippen LogP contribution < -0.4 is 4.74 Å². The summed E-state index contributed by atoms with van der Waals surface area (Å²) in [5.41, 5.74) is 2.40. The average Bonchev–Trinajstić information content (AvgIpc) is 2.38. The SMILES string of the molecule is Cc1cc(O)cc(-c2ccc(OC(F)=C(F)F)cc2)c1. The largest absolute Gasteiger partial charge is 0.508 e. The topological polar surface area (TPSA) is 29.5 Å². The normalized spacial score (nSPS) is 10.2. The van der Waals surface area contributed by atoms with Gasteiger partial charge in [0.15, 0.2) is 0 Å². The van der Waals surface area contributed by atoms with Crippen LogP contribution in [0.15, 0.2) is 54.6 Å². The van der Waals surface area contributed by atoms with Crippen molar-refractivity contribution in [2.24, 2.45) is 0 Å². The van der Waals surface area contributed by atoms with Gasteiger partial charge in [-0.1, -0.05) is 18.2 Å². The molecule has 0 aromatic heterocycles. The second-order valence-electron chi connectivity index (χ2n) is 4.22. The lowest BCUT2D eigenvalue weighted by molar-refractivity contribution is 0.241. The van der Waals surface area contributed by atoms with Crippen molar-refractivity contribution in [3.05, 3.63) is 60.1 Å². The molecule has 0 aliphatic heterocycles. The summed E-state index contributed by atoms with van der Waals surface area (Å²) in [6.07, 6.45) is -2.50. The molecule has 0 fully saturated rings. The van der Waals surface area contributed by atoms with Gasteiger partial charge in [0, 0.05) is 0 Å². The number of hydrogen-bond donors (Lipinski definition) is 1. The number of halogens is 3. The molecular weight excluding hydrogens is 269 g/mol. The van der Waals surface area contributed by atoms with Crippen molar-refractivity contribution in [2.45, 2.75) is 6.92 Å². The Morgan fingerprint density at radius 2 is 1.60 bits per heavy atom. The summed E-state index contributed by atoms with van der Waals surface area (Å²) in [7, 11) is 0. The zero-order valence-corrected chi connectivity index (χ0v) is 10.5. The molecule has 2 aromatic carbocycles. The van der Waals surface area contributed by atoms with Crippen LogP contribution >= 0.6 is 0 Å². The van der Waals surface area contributed by atoms with Crippen molar-refractivity contribution in [1.29, 1.82) is 0 Å². The van der Waals surface area contributed by atoms with Crippen LogP contribution in [0.4, 0.5) is 13.2 Å². The summed E-state index contributed by atoms with van der Waals surface area (Å²) < 4.78 is 40.7. The molecule has 1 N–H and O–H groups in total. The summed E-state index contributed by atoms with van der Waals surface area (Å²) in [6, 6.07) is 9.06. The van der Waals surface area contributed by atoms with Crippen molar-refractivity contribution >= 4 is 0 Å². The van der Waals surface area contributed by atoms with Gasteiger partial charge in [0.2, 0.25) is 0 Å². The van der Waals surface area contributed by atoms with Gasteiger partial charge in [-0.3, -0.25) is 0 Å². The standard InChI is InChI=1S/C15H11F3O2/c1-9-6-11(8-12(19)7-9)10-2-4-13(5-3-10)20-15(18)14(16)17/h2-8,19H,1H3. The highest BCUT2D eigenvalue weighted by Crippen LogP contribution is 2.27. The smallest absolute Gasteiger partial charge is 0.344 e. The second kappa shape index (κ2) is 5.69. The van der Waals surface area contributed by atoms with E-state index in [9.17, 15) is 18.3 Å². The van der Waals surface area contributed by atoms with Crippen LogP contribution in [0.5, 0.6) is 11.5 Å². The second-order valence-corrected chi connectivity index (χ2v) is 4.22. The first-order valence-electron chi connectivity index (χ1n) is 5.75. The minimum Gasteiger partial charge on any atom is -0.508 e. The molecule has 20 heavy (non-hydrogen) atoms. The molecule has 2 rings (SSSR count). The number of rotatable bonds is 3. The summed E-state index contributed by atoms with van der Waals surface area (Å²) >= 11 is 0. The summed E-state index contributed by atoms with van der Waals surface area (Å²) in [5.74, 6) is 0.102. The highest BCUT2D eigenvalue weighted by molar-refractivity contribution is 5.66. The first kappa shape index (κ1) is 14.0. The zero-order chi connectivity index (χ0) is 14.7. The molecule has 0 saturated heterocycles. The third-order valence-electron chi connectivity index (χ3n) is 2.61. The van der Waals surface area contributed by atoms with E-state index in [0.29, 0.717) is 0 Å². The molecule has 0 unspecified atom stereocenters. The zero-order valence-electron chi connectivity index (χ0n) is 10.5. The molecule has 2 nitrogen and oxygen atoms in total. The number of aryl methyl sites for hydroxylation is 1. The first-order valence-corrected chi connectivity index (χ1v) is 5.75. The van der Waals surface area contributed by atoms with Gasteiger partial charge in [-0.05, 0) is 47.9 Å². The maximum absolute atomic E-state index is 12.6. The third kappa shape index (κ3) is 3.32. The van der Waals surface area contributed by atoms with Crippen LogP contribution in [-0.2, 0) is 0 Å². The Balaban J connectivity index is 2.26. The fourth-order valence-corrected chi connectivity index (χ4v) is 1.79. The Hall–Kier alpha value is -2.43. The third-order valence-corrected chi connectivity index (χ3v) is 2.61. The maximum Gasteiger partial charge on any atom is 0.344 e. The van der Waals surface area contributed by atoms with Crippen LogP contribution in [0.25, 0.3) is 11.1 Å². The van der Waals surface area contributed by atoms with E-state index in [1.165, 1.54) is 12.1 Å². The van der Waals surface area contributed by atoms with Gasteiger partial charge >= 0.3 is 12.1 Å². The Bertz CT molecular complexity index is 624. The molecule has 0 atom stereocenters. The minimum absolute atomic E-state index is 0.0316. The highest BCUT2D eigenvalue weighted by atomic mass is 19.3. The van der Waals surface area contributed by atoms with E-state index in [4.69, 9.17) is 0 Å². The quantitative estimate of drug-likeness (QED) is 0.820. The van der Waals surface area contributed by atoms with E-state index < -0.39 is 12.1 Å². The van der Waals surface area contributed by atoms with Crippen molar-refractivity contribution in [3.63, 3.8) is 0 Å². The average molecular weight is 280 g/mol. The number of ether oxygens (including phenoxy) is 1. The monoisotopic (exact) mass is 280 g/mol. The molecule has 0 aliphatic rings. The fourth-order valence-electron chi connectivity index (χ4n) is 1.79. The molecule has 5 heteroatoms. The van der Waals surface area contributed by atoms with E-state index in [0.717, 1.165) is 16.7 Å². The number of hydrogen-bond acceptors (Lipinski definition) is 2. The van der Waals surface area contributed by atoms with Gasteiger partial charge in [0.25, 0.3) is 0 Å². The molecule has 0 aliphatic carbocycles. The van der Waals surface area contributed by atoms with Crippen LogP contribution in [0.1, 0.15) is 5.56 Å². The van der Waals surface area contributed by atoms with Gasteiger partial charge in [-0.25, -0.2) is 0 Å². The molecule has 104 valence electrons. The number of aromatic hydroxyl groups is 1. The Morgan fingerprint density at radius 3 is 2.15 bits per heavy atom. The molecule has 0 bridgehead atoms. The van der Waals surface area contributed by atoms with E-state index in [2.05, 4.69) is 4.74 Å². The first-order chi connectivity index (χ1) is 9.45. The van der Waals surface area contributed by atoms with Gasteiger partial charge in [0.05, 0.1) is 0 Å². The highest BCUT2D eigenvalue weighted by Gasteiger charge is 2.08. The summed E-state index contributed by atoms with van der Waals surface area (Å²) in [6.45, 7) is 1.84. The van der Waals surface area contributed by atoms with Crippen molar-refractivity contribution in [1.82, 2.24) is 0 Å². The number of phenolic OH excluding ortho intramolecular Hbond substituents is 1. The Morgan fingerprint density at radius 1 is 0.950 bits per heavy atom. The van der Waals surface area contributed by atoms with Crippen molar-refractivity contribution in [3.8, 4) is 22.6 Å². The van der Waals surface area contributed by atoms with Gasteiger partial charge in [0.1, 0.15) is 11.5 Å². The minimum atomic E-state index is -2.50. The predicted molar refractivity (Wildman–Crippen MR) is 69.3 cm³/mol. The lowest BCUT2D eigenvalue weighted by Gasteiger charge is -2.06. The molecule has 0 saturated carbocycles. The molecule has 0 amide bonds. The van der Waals surface area contributed by atoms with Crippen LogP contribution in [0, 0.1) is 6.92 Å². The van der Waals surface area contributed by atoms with E-state index >= 15 is 0 Å². The molecule has 0 radical (unpaired) electrons. The molecule has 0 spiro atoms. The van der Waals surface area contributed by atoms with E-state index in [1.807, 2.05) is 13.0 Å². The van der Waals surface area contributed by atoms with Crippen LogP contribution in [0.3, 0.4) is 0 Å². The Labute approximate surface area is 113 Å². The van der Waals surface area contributed by atoms with Gasteiger partial charge in [-0.15, -0.1) is 0 Å². The number of benzene rings is 2. The fraction of sp³-hybridized carbons (Fsp3) is 0.0667. The van der Waals surface area contributed by atoms with E-state index in [-0.39, 0.29) is 11.5 Å². The summed E-state index contributed by atoms with van der Waals surface area (Å²) in [5, 5.41) is 9.53. The van der Waals surface area contributed by atoms with E-state index in [1.54, 1.807) is 24.3 Å². The van der Waals surface area contributed by atoms with Crippen molar-refractivity contribution < 1.29 is 23.0 Å². The number of phenols is 1. The lowest BCUT2D eigenvalue weighted by atomic mass is 10.0. The lowest BCUT2D eigenvalue weighted by Crippen LogP contribution is -1.90. The maximum atomic E-state index is 12.6. The van der Waals surface area contributed by atoms with Crippen molar-refractivity contribution in [2.75, 3.05) is 0 Å². The Kier molecular flexibility index (Phi) is 3.98. The van der Waals surface area contributed by atoms with Gasteiger partial charge in [-0.2, -0.15) is 13.2 Å². The molecular formula is C15H11F3O2. The predicted octanol–water partition coefficient (Wildman–Crippen LogP) is 4.78. The molecule has 2 aromatic rings. The van der Waals surface area contributed by atoms with Crippen LogP contribution in [0.2, 0.25) is 0 Å². The molecule has 0 heterocycles. The van der Waals surface area contributed by atoms with Gasteiger partial charge < -0.3 is 9.84 Å². The summed E-state index contributed by atoms with van der Waals surface area (Å²) in [4.78, 5) is 0. The van der Waals surface area contributed by atoms with Crippen LogP contribution in [-0.4, -0.2) is 5.11 Å².